The molecule has 0 radical (unpaired) electrons. The van der Waals surface area contributed by atoms with Crippen molar-refractivity contribution in [1.82, 2.24) is 0 Å². The van der Waals surface area contributed by atoms with Gasteiger partial charge >= 0.3 is 20.8 Å². The second kappa shape index (κ2) is 11.0. The number of hydrogen-bond donors (Lipinski definition) is 4. The summed E-state index contributed by atoms with van der Waals surface area (Å²) in [5, 5.41) is 6.56. The number of ether oxygens (including phenoxy) is 2. The smallest absolute Gasteiger partial charge is 0.397 e. The molecule has 0 saturated heterocycles. The van der Waals surface area contributed by atoms with Gasteiger partial charge in [-0.05, 0) is 24.3 Å². The second-order valence-corrected chi connectivity index (χ2v) is 11.1. The molecule has 2 heterocycles. The third kappa shape index (κ3) is 6.39. The van der Waals surface area contributed by atoms with Crippen molar-refractivity contribution in [3.8, 4) is 23.0 Å². The minimum Gasteiger partial charge on any atom is -0.451 e. The van der Waals surface area contributed by atoms with E-state index in [2.05, 4.69) is 29.0 Å². The van der Waals surface area contributed by atoms with Gasteiger partial charge in [0.25, 0.3) is 0 Å². The highest BCUT2D eigenvalue weighted by molar-refractivity contribution is 7.81. The highest BCUT2D eigenvalue weighted by Gasteiger charge is 2.27. The molecule has 2 aliphatic rings. The molecule has 0 aromatic heterocycles. The molecule has 14 nitrogen and oxygen atoms in total. The highest BCUT2D eigenvalue weighted by Crippen LogP contribution is 2.43. The predicted octanol–water partition coefficient (Wildman–Crippen LogP) is 3.57. The van der Waals surface area contributed by atoms with E-state index in [1.807, 2.05) is 0 Å². The molecule has 0 aliphatic carbocycles. The van der Waals surface area contributed by atoms with Crippen LogP contribution >= 0.6 is 23.2 Å². The average molecular weight is 633 g/mol. The topological polar surface area (TPSA) is 194 Å². The zero-order valence-corrected chi connectivity index (χ0v) is 23.1. The zero-order valence-electron chi connectivity index (χ0n) is 19.9. The van der Waals surface area contributed by atoms with E-state index in [4.69, 9.17) is 41.8 Å². The second-order valence-electron chi connectivity index (χ2n) is 8.13. The van der Waals surface area contributed by atoms with E-state index in [-0.39, 0.29) is 58.6 Å². The molecule has 2 aliphatic heterocycles. The summed E-state index contributed by atoms with van der Waals surface area (Å²) in [6.07, 6.45) is 0. The molecule has 0 fully saturated rings. The zero-order chi connectivity index (χ0) is 28.7. The molecule has 212 valence electrons. The van der Waals surface area contributed by atoms with Crippen LogP contribution in [0.4, 0.5) is 22.7 Å². The molecule has 0 unspecified atom stereocenters. The van der Waals surface area contributed by atoms with Crippen LogP contribution in [0.1, 0.15) is 0 Å². The van der Waals surface area contributed by atoms with Crippen molar-refractivity contribution in [1.29, 1.82) is 0 Å². The summed E-state index contributed by atoms with van der Waals surface area (Å²) in [4.78, 5) is 9.13. The van der Waals surface area contributed by atoms with Crippen LogP contribution in [0.25, 0.3) is 0 Å². The van der Waals surface area contributed by atoms with Crippen LogP contribution in [-0.2, 0) is 29.2 Å². The van der Waals surface area contributed by atoms with Gasteiger partial charge in [0.1, 0.15) is 32.1 Å². The summed E-state index contributed by atoms with van der Waals surface area (Å²) in [6.45, 7) is -0.420. The van der Waals surface area contributed by atoms with Crippen molar-refractivity contribution in [3.63, 3.8) is 0 Å². The first-order valence-electron chi connectivity index (χ1n) is 11.2. The molecule has 0 atom stereocenters. The molecule has 0 bridgehead atoms. The molecular formula is C22H18Cl2N4O10S2. The van der Waals surface area contributed by atoms with Gasteiger partial charge in [-0.2, -0.15) is 16.8 Å². The Labute approximate surface area is 237 Å². The lowest BCUT2D eigenvalue weighted by Crippen LogP contribution is -2.22. The van der Waals surface area contributed by atoms with E-state index in [0.29, 0.717) is 34.2 Å². The first-order chi connectivity index (χ1) is 18.9. The molecule has 0 saturated carbocycles. The van der Waals surface area contributed by atoms with Crippen molar-refractivity contribution >= 4 is 66.7 Å². The maximum absolute atomic E-state index is 10.7. The van der Waals surface area contributed by atoms with Crippen molar-refractivity contribution in [3.05, 3.63) is 57.2 Å². The van der Waals surface area contributed by atoms with Gasteiger partial charge in [0.2, 0.25) is 0 Å². The van der Waals surface area contributed by atoms with Gasteiger partial charge in [-0.3, -0.25) is 9.11 Å². The number of halogens is 2. The van der Waals surface area contributed by atoms with Crippen LogP contribution < -0.4 is 30.8 Å². The predicted molar refractivity (Wildman–Crippen MR) is 143 cm³/mol. The van der Waals surface area contributed by atoms with Crippen LogP contribution in [0.15, 0.2) is 46.4 Å². The van der Waals surface area contributed by atoms with E-state index in [1.165, 1.54) is 0 Å². The third-order valence-corrected chi connectivity index (χ3v) is 7.01. The largest absolute Gasteiger partial charge is 0.451 e. The van der Waals surface area contributed by atoms with Crippen molar-refractivity contribution in [2.45, 2.75) is 0 Å². The van der Waals surface area contributed by atoms with Gasteiger partial charge in [0.15, 0.2) is 23.0 Å². The van der Waals surface area contributed by atoms with Gasteiger partial charge < -0.3 is 20.1 Å². The van der Waals surface area contributed by atoms with Crippen LogP contribution in [0, 0.1) is 0 Å². The van der Waals surface area contributed by atoms with Crippen LogP contribution in [0.5, 0.6) is 23.0 Å². The minimum absolute atomic E-state index is 0.0810. The lowest BCUT2D eigenvalue weighted by Gasteiger charge is -2.21. The monoisotopic (exact) mass is 632 g/mol. The fraction of sp³-hybridized carbons (Fsp3) is 0.182. The van der Waals surface area contributed by atoms with Gasteiger partial charge in [0, 0.05) is 36.6 Å². The lowest BCUT2D eigenvalue weighted by atomic mass is 10.2. The van der Waals surface area contributed by atoms with E-state index < -0.39 is 20.8 Å². The summed E-state index contributed by atoms with van der Waals surface area (Å²) >= 11 is 13.3. The fourth-order valence-electron chi connectivity index (χ4n) is 3.75. The fourth-order valence-corrected chi connectivity index (χ4v) is 4.85. The van der Waals surface area contributed by atoms with Gasteiger partial charge in [-0.25, -0.2) is 18.4 Å². The number of rotatable bonds is 10. The van der Waals surface area contributed by atoms with Crippen molar-refractivity contribution in [2.24, 2.45) is 9.98 Å². The lowest BCUT2D eigenvalue weighted by molar-refractivity contribution is 0.277. The SMILES string of the molecule is O=S(=O)(O)OCCNc1ccc2c(c1)Oc1c(Cl)c3c(c(Cl)c1=N2)Oc1cc(NCCOS(=O)(=O)O)ccc1N=3. The summed E-state index contributed by atoms with van der Waals surface area (Å²) < 4.78 is 80.6. The molecule has 40 heavy (non-hydrogen) atoms. The van der Waals surface area contributed by atoms with Crippen LogP contribution in [0.2, 0.25) is 10.0 Å². The Balaban J connectivity index is 1.39. The van der Waals surface area contributed by atoms with Crippen molar-refractivity contribution < 1.29 is 43.8 Å². The number of benzene rings is 3. The third-order valence-electron chi connectivity index (χ3n) is 5.38. The Bertz CT molecular complexity index is 1720. The number of fused-ring (bicyclic) bond motifs is 4. The average Bonchev–Trinajstić information content (AvgIpc) is 2.89. The molecule has 5 rings (SSSR count). The Hall–Kier alpha value is -3.22. The maximum atomic E-state index is 10.7. The van der Waals surface area contributed by atoms with Gasteiger partial charge in [-0.15, -0.1) is 0 Å². The number of anilines is 2. The van der Waals surface area contributed by atoms with E-state index >= 15 is 0 Å². The van der Waals surface area contributed by atoms with Gasteiger partial charge in [-0.1, -0.05) is 23.2 Å². The number of nitrogens with zero attached hydrogens (tertiary/aromatic N) is 2. The molecule has 4 N–H and O–H groups in total. The Morgan fingerprint density at radius 1 is 0.725 bits per heavy atom. The Kier molecular flexibility index (Phi) is 7.77. The first-order valence-corrected chi connectivity index (χ1v) is 14.7. The summed E-state index contributed by atoms with van der Waals surface area (Å²) in [7, 11) is -9.07. The molecule has 0 amide bonds. The minimum atomic E-state index is -4.53. The van der Waals surface area contributed by atoms with E-state index in [1.54, 1.807) is 36.4 Å². The highest BCUT2D eigenvalue weighted by atomic mass is 35.5. The summed E-state index contributed by atoms with van der Waals surface area (Å²) in [5.41, 5.74) is 2.01. The Morgan fingerprint density at radius 3 is 1.50 bits per heavy atom. The maximum Gasteiger partial charge on any atom is 0.397 e. The standard InChI is InChI=1S/C22H18Cl2N4O10S2/c23-17-19-21(37-15-9-11(1-3-13(15)27-19)25-5-7-35-39(29,30)31)18(24)20-22(17)38-16-10-12(2-4-14(16)28-20)26-6-8-36-40(32,33)34/h1-4,9-10,25-26H,5-8H2,(H,29,30,31)(H,32,33,34). The van der Waals surface area contributed by atoms with E-state index in [0.717, 1.165) is 0 Å². The molecular weight excluding hydrogens is 615 g/mol. The quantitative estimate of drug-likeness (QED) is 0.129. The van der Waals surface area contributed by atoms with E-state index in [9.17, 15) is 16.8 Å². The molecule has 3 aromatic carbocycles. The normalized spacial score (nSPS) is 13.3. The van der Waals surface area contributed by atoms with Gasteiger partial charge in [0.05, 0.1) is 13.2 Å². The first kappa shape index (κ1) is 28.3. The summed E-state index contributed by atoms with van der Waals surface area (Å²) in [5.74, 6) is 1.02. The molecule has 18 heteroatoms. The Morgan fingerprint density at radius 2 is 1.12 bits per heavy atom. The summed E-state index contributed by atoms with van der Waals surface area (Å²) in [6, 6.07) is 9.90. The molecule has 3 aromatic rings. The van der Waals surface area contributed by atoms with Crippen LogP contribution in [0.3, 0.4) is 0 Å². The number of hydrogen-bond acceptors (Lipinski definition) is 12. The van der Waals surface area contributed by atoms with Crippen molar-refractivity contribution in [2.75, 3.05) is 36.9 Å². The molecule has 0 spiro atoms. The number of nitrogens with one attached hydrogen (secondary N) is 2. The van der Waals surface area contributed by atoms with Crippen LogP contribution in [-0.4, -0.2) is 52.2 Å².